The minimum absolute atomic E-state index is 0.102. The number of nitrogens with one attached hydrogen (secondary N) is 1. The van der Waals surface area contributed by atoms with Crippen molar-refractivity contribution in [3.05, 3.63) is 18.0 Å². The lowest BCUT2D eigenvalue weighted by molar-refractivity contribution is -0.141. The van der Waals surface area contributed by atoms with Gasteiger partial charge in [-0.05, 0) is 12.5 Å². The summed E-state index contributed by atoms with van der Waals surface area (Å²) in [5, 5.41) is 6.36. The molecule has 0 aliphatic heterocycles. The Morgan fingerprint density at radius 2 is 2.33 bits per heavy atom. The lowest BCUT2D eigenvalue weighted by Crippen LogP contribution is -2.32. The zero-order chi connectivity index (χ0) is 11.3. The van der Waals surface area contributed by atoms with Crippen LogP contribution in [0.15, 0.2) is 12.4 Å². The Bertz CT molecular complexity index is 359. The van der Waals surface area contributed by atoms with Crippen LogP contribution in [0.2, 0.25) is 0 Å². The standard InChI is InChI=1S/C9H13N3O3/c1-7-3-11-12(5-7)6-8(13)10-4-9(14)15-2/h3,5H,4,6H2,1-2H3,(H,10,13). The predicted molar refractivity (Wildman–Crippen MR) is 52.0 cm³/mol. The highest BCUT2D eigenvalue weighted by atomic mass is 16.5. The van der Waals surface area contributed by atoms with Gasteiger partial charge >= 0.3 is 5.97 Å². The monoisotopic (exact) mass is 211 g/mol. The maximum absolute atomic E-state index is 11.3. The van der Waals surface area contributed by atoms with Crippen molar-refractivity contribution in [1.82, 2.24) is 15.1 Å². The summed E-state index contributed by atoms with van der Waals surface area (Å²) in [7, 11) is 1.27. The SMILES string of the molecule is COC(=O)CNC(=O)Cn1cc(C)cn1. The molecule has 1 heterocycles. The number of esters is 1. The average molecular weight is 211 g/mol. The second kappa shape index (κ2) is 5.14. The number of amides is 1. The normalized spacial score (nSPS) is 9.73. The number of rotatable bonds is 4. The summed E-state index contributed by atoms with van der Waals surface area (Å²) in [5.74, 6) is -0.747. The summed E-state index contributed by atoms with van der Waals surface area (Å²) >= 11 is 0. The highest BCUT2D eigenvalue weighted by molar-refractivity contribution is 5.81. The van der Waals surface area contributed by atoms with Crippen LogP contribution in [0.4, 0.5) is 0 Å². The number of carbonyl (C=O) groups excluding carboxylic acids is 2. The van der Waals surface area contributed by atoms with Crippen LogP contribution >= 0.6 is 0 Å². The summed E-state index contributed by atoms with van der Waals surface area (Å²) in [6, 6.07) is 0. The molecule has 0 saturated heterocycles. The van der Waals surface area contributed by atoms with Crippen LogP contribution in [0.3, 0.4) is 0 Å². The average Bonchev–Trinajstić information content (AvgIpc) is 2.60. The molecule has 6 heteroatoms. The number of methoxy groups -OCH3 is 1. The third-order valence-electron chi connectivity index (χ3n) is 1.73. The highest BCUT2D eigenvalue weighted by Gasteiger charge is 2.06. The van der Waals surface area contributed by atoms with E-state index in [1.165, 1.54) is 11.8 Å². The first kappa shape index (κ1) is 11.2. The van der Waals surface area contributed by atoms with Crippen LogP contribution in [0.5, 0.6) is 0 Å². The molecule has 15 heavy (non-hydrogen) atoms. The van der Waals surface area contributed by atoms with Crippen molar-refractivity contribution in [2.45, 2.75) is 13.5 Å². The van der Waals surface area contributed by atoms with Gasteiger partial charge in [-0.15, -0.1) is 0 Å². The van der Waals surface area contributed by atoms with E-state index in [2.05, 4.69) is 15.2 Å². The molecule has 1 aromatic rings. The predicted octanol–water partition coefficient (Wildman–Crippen LogP) is -0.519. The molecule has 0 fully saturated rings. The Hall–Kier alpha value is -1.85. The Morgan fingerprint density at radius 3 is 2.87 bits per heavy atom. The van der Waals surface area contributed by atoms with E-state index in [1.54, 1.807) is 12.4 Å². The summed E-state index contributed by atoms with van der Waals surface area (Å²) in [6.45, 7) is 1.87. The number of carbonyl (C=O) groups is 2. The molecule has 0 bridgehead atoms. The second-order valence-corrected chi connectivity index (χ2v) is 3.07. The molecule has 0 spiro atoms. The fourth-order valence-corrected chi connectivity index (χ4v) is 0.999. The minimum Gasteiger partial charge on any atom is -0.468 e. The summed E-state index contributed by atoms with van der Waals surface area (Å²) < 4.78 is 5.88. The molecule has 6 nitrogen and oxygen atoms in total. The molecule has 1 amide bonds. The van der Waals surface area contributed by atoms with E-state index in [0.29, 0.717) is 0 Å². The second-order valence-electron chi connectivity index (χ2n) is 3.07. The van der Waals surface area contributed by atoms with Crippen molar-refractivity contribution in [1.29, 1.82) is 0 Å². The molecule has 1 aromatic heterocycles. The highest BCUT2D eigenvalue weighted by Crippen LogP contribution is 1.93. The molecule has 0 aromatic carbocycles. The quantitative estimate of drug-likeness (QED) is 0.680. The van der Waals surface area contributed by atoms with E-state index >= 15 is 0 Å². The maximum atomic E-state index is 11.3. The number of ether oxygens (including phenoxy) is 1. The number of aryl methyl sites for hydroxylation is 1. The topological polar surface area (TPSA) is 73.2 Å². The molecule has 0 unspecified atom stereocenters. The van der Waals surface area contributed by atoms with Crippen molar-refractivity contribution < 1.29 is 14.3 Å². The van der Waals surface area contributed by atoms with Gasteiger partial charge in [0.05, 0.1) is 13.3 Å². The van der Waals surface area contributed by atoms with E-state index < -0.39 is 5.97 Å². The fraction of sp³-hybridized carbons (Fsp3) is 0.444. The first-order chi connectivity index (χ1) is 7.11. The third kappa shape index (κ3) is 3.80. The minimum atomic E-state index is -0.472. The van der Waals surface area contributed by atoms with Gasteiger partial charge < -0.3 is 10.1 Å². The van der Waals surface area contributed by atoms with Gasteiger partial charge in [0.25, 0.3) is 0 Å². The summed E-state index contributed by atoms with van der Waals surface area (Å²) in [4.78, 5) is 22.0. The lowest BCUT2D eigenvalue weighted by Gasteiger charge is -2.03. The Morgan fingerprint density at radius 1 is 1.60 bits per heavy atom. The van der Waals surface area contributed by atoms with Crippen LogP contribution in [0.25, 0.3) is 0 Å². The van der Waals surface area contributed by atoms with Crippen molar-refractivity contribution in [3.8, 4) is 0 Å². The van der Waals surface area contributed by atoms with Gasteiger partial charge in [0.1, 0.15) is 13.1 Å². The van der Waals surface area contributed by atoms with E-state index in [-0.39, 0.29) is 19.0 Å². The lowest BCUT2D eigenvalue weighted by atomic mass is 10.4. The van der Waals surface area contributed by atoms with E-state index in [1.807, 2.05) is 6.92 Å². The first-order valence-corrected chi connectivity index (χ1v) is 4.44. The van der Waals surface area contributed by atoms with Gasteiger partial charge in [0.15, 0.2) is 0 Å². The fourth-order valence-electron chi connectivity index (χ4n) is 0.999. The van der Waals surface area contributed by atoms with E-state index in [4.69, 9.17) is 0 Å². The molecule has 82 valence electrons. The largest absolute Gasteiger partial charge is 0.468 e. The molecule has 0 saturated carbocycles. The molecule has 0 radical (unpaired) electrons. The van der Waals surface area contributed by atoms with Crippen molar-refractivity contribution in [2.24, 2.45) is 0 Å². The number of hydrogen-bond acceptors (Lipinski definition) is 4. The number of nitrogens with zero attached hydrogens (tertiary/aromatic N) is 2. The van der Waals surface area contributed by atoms with E-state index in [0.717, 1.165) is 5.56 Å². The zero-order valence-corrected chi connectivity index (χ0v) is 8.69. The van der Waals surface area contributed by atoms with Crippen molar-refractivity contribution in [3.63, 3.8) is 0 Å². The smallest absolute Gasteiger partial charge is 0.325 e. The molecule has 0 atom stereocenters. The molecular formula is C9H13N3O3. The Balaban J connectivity index is 2.33. The van der Waals surface area contributed by atoms with Gasteiger partial charge in [-0.3, -0.25) is 14.3 Å². The molecule has 0 aliphatic rings. The van der Waals surface area contributed by atoms with Crippen LogP contribution in [0, 0.1) is 6.92 Å². The molecule has 1 N–H and O–H groups in total. The Kier molecular flexibility index (Phi) is 3.84. The first-order valence-electron chi connectivity index (χ1n) is 4.44. The molecule has 0 aliphatic carbocycles. The Labute approximate surface area is 87.2 Å². The number of hydrogen-bond donors (Lipinski definition) is 1. The zero-order valence-electron chi connectivity index (χ0n) is 8.69. The third-order valence-corrected chi connectivity index (χ3v) is 1.73. The van der Waals surface area contributed by atoms with Gasteiger partial charge in [0, 0.05) is 6.20 Å². The number of aromatic nitrogens is 2. The molecular weight excluding hydrogens is 198 g/mol. The summed E-state index contributed by atoms with van der Waals surface area (Å²) in [5.41, 5.74) is 0.982. The van der Waals surface area contributed by atoms with Gasteiger partial charge in [0.2, 0.25) is 5.91 Å². The van der Waals surface area contributed by atoms with Gasteiger partial charge in [-0.25, -0.2) is 0 Å². The van der Waals surface area contributed by atoms with Crippen LogP contribution in [-0.2, 0) is 20.9 Å². The van der Waals surface area contributed by atoms with E-state index in [9.17, 15) is 9.59 Å². The van der Waals surface area contributed by atoms with Crippen molar-refractivity contribution >= 4 is 11.9 Å². The van der Waals surface area contributed by atoms with Crippen LogP contribution in [0.1, 0.15) is 5.56 Å². The molecule has 1 rings (SSSR count). The van der Waals surface area contributed by atoms with Crippen LogP contribution in [-0.4, -0.2) is 35.3 Å². The van der Waals surface area contributed by atoms with Gasteiger partial charge in [-0.1, -0.05) is 0 Å². The van der Waals surface area contributed by atoms with Crippen LogP contribution < -0.4 is 5.32 Å². The van der Waals surface area contributed by atoms with Crippen molar-refractivity contribution in [2.75, 3.05) is 13.7 Å². The summed E-state index contributed by atoms with van der Waals surface area (Å²) in [6.07, 6.45) is 3.41. The van der Waals surface area contributed by atoms with Gasteiger partial charge in [-0.2, -0.15) is 5.10 Å². The maximum Gasteiger partial charge on any atom is 0.325 e.